The van der Waals surface area contributed by atoms with E-state index in [2.05, 4.69) is 10.3 Å². The highest BCUT2D eigenvalue weighted by molar-refractivity contribution is 7.17. The molecule has 2 aromatic rings. The van der Waals surface area contributed by atoms with Crippen LogP contribution in [0.1, 0.15) is 41.3 Å². The topological polar surface area (TPSA) is 91.8 Å². The van der Waals surface area contributed by atoms with Gasteiger partial charge in [0.15, 0.2) is 0 Å². The van der Waals surface area contributed by atoms with Gasteiger partial charge in [-0.2, -0.15) is 13.2 Å². The molecule has 3 rings (SSSR count). The number of thiophene rings is 1. The third-order valence-electron chi connectivity index (χ3n) is 5.01. The van der Waals surface area contributed by atoms with E-state index in [9.17, 15) is 22.8 Å². The molecular weight excluding hydrogens is 411 g/mol. The summed E-state index contributed by atoms with van der Waals surface area (Å²) >= 11 is 0.813. The molecule has 29 heavy (non-hydrogen) atoms. The van der Waals surface area contributed by atoms with Gasteiger partial charge in [-0.3, -0.25) is 4.79 Å². The van der Waals surface area contributed by atoms with Crippen molar-refractivity contribution in [1.29, 1.82) is 0 Å². The van der Waals surface area contributed by atoms with Crippen LogP contribution in [-0.4, -0.2) is 52.7 Å². The number of ether oxygens (including phenoxy) is 1. The number of halogens is 3. The largest absolute Gasteiger partial charge is 0.474 e. The van der Waals surface area contributed by atoms with Crippen molar-refractivity contribution < 1.29 is 32.6 Å². The van der Waals surface area contributed by atoms with Crippen molar-refractivity contribution in [3.05, 3.63) is 22.1 Å². The number of aromatic nitrogens is 1. The first kappa shape index (κ1) is 21.2. The second-order valence-electron chi connectivity index (χ2n) is 6.91. The standard InChI is InChI=1S/C18H20F3N3O4S/c1-8-6-10(4-5-24(8)17(26)27)28-16-9(2)12(18(19,20)21)14-13(23-16)11(7-29-14)15(25)22-3/h7-8,10H,4-6H2,1-3H3,(H,22,25)(H,26,27)/t8-,10+/m1/s1. The van der Waals surface area contributed by atoms with Crippen molar-refractivity contribution in [2.45, 2.75) is 45.0 Å². The third kappa shape index (κ3) is 3.96. The molecule has 3 heterocycles. The summed E-state index contributed by atoms with van der Waals surface area (Å²) < 4.78 is 47.0. The first-order valence-corrected chi connectivity index (χ1v) is 9.79. The molecule has 0 bridgehead atoms. The molecule has 158 valence electrons. The molecule has 2 atom stereocenters. The number of nitrogens with one attached hydrogen (secondary N) is 1. The van der Waals surface area contributed by atoms with Crippen molar-refractivity contribution in [3.63, 3.8) is 0 Å². The van der Waals surface area contributed by atoms with E-state index in [1.807, 2.05) is 0 Å². The minimum absolute atomic E-state index is 0.0527. The number of fused-ring (bicyclic) bond motifs is 1. The predicted molar refractivity (Wildman–Crippen MR) is 101 cm³/mol. The van der Waals surface area contributed by atoms with E-state index < -0.39 is 29.8 Å². The van der Waals surface area contributed by atoms with Gasteiger partial charge in [-0.25, -0.2) is 9.78 Å². The third-order valence-corrected chi connectivity index (χ3v) is 5.99. The van der Waals surface area contributed by atoms with Gasteiger partial charge in [-0.1, -0.05) is 0 Å². The number of alkyl halides is 3. The Morgan fingerprint density at radius 3 is 2.66 bits per heavy atom. The van der Waals surface area contributed by atoms with Crippen molar-refractivity contribution >= 4 is 33.6 Å². The quantitative estimate of drug-likeness (QED) is 0.769. The molecule has 0 spiro atoms. The molecule has 2 N–H and O–H groups in total. The second kappa shape index (κ2) is 7.69. The fourth-order valence-electron chi connectivity index (χ4n) is 3.53. The molecule has 0 unspecified atom stereocenters. The lowest BCUT2D eigenvalue weighted by molar-refractivity contribution is -0.136. The van der Waals surface area contributed by atoms with Crippen LogP contribution in [0.25, 0.3) is 10.2 Å². The Balaban J connectivity index is 2.03. The molecule has 7 nitrogen and oxygen atoms in total. The molecule has 1 saturated heterocycles. The molecule has 0 radical (unpaired) electrons. The zero-order valence-electron chi connectivity index (χ0n) is 16.0. The van der Waals surface area contributed by atoms with Crippen LogP contribution in [0.5, 0.6) is 5.88 Å². The van der Waals surface area contributed by atoms with Gasteiger partial charge in [0.2, 0.25) is 5.88 Å². The van der Waals surface area contributed by atoms with Crippen LogP contribution >= 0.6 is 11.3 Å². The summed E-state index contributed by atoms with van der Waals surface area (Å²) in [5.41, 5.74) is -1.02. The van der Waals surface area contributed by atoms with Crippen LogP contribution < -0.4 is 10.1 Å². The Hall–Kier alpha value is -2.56. The van der Waals surface area contributed by atoms with E-state index >= 15 is 0 Å². The number of rotatable bonds is 3. The summed E-state index contributed by atoms with van der Waals surface area (Å²) in [5.74, 6) is -0.718. The molecule has 2 aromatic heterocycles. The van der Waals surface area contributed by atoms with Crippen LogP contribution in [0, 0.1) is 6.92 Å². The van der Waals surface area contributed by atoms with E-state index in [-0.39, 0.29) is 39.8 Å². The summed E-state index contributed by atoms with van der Waals surface area (Å²) in [4.78, 5) is 28.8. The molecule has 1 aliphatic rings. The van der Waals surface area contributed by atoms with E-state index in [0.717, 1.165) is 11.3 Å². The van der Waals surface area contributed by atoms with Crippen LogP contribution in [0.15, 0.2) is 5.38 Å². The number of nitrogens with zero attached hydrogens (tertiary/aromatic N) is 2. The van der Waals surface area contributed by atoms with Gasteiger partial charge in [0.25, 0.3) is 5.91 Å². The summed E-state index contributed by atoms with van der Waals surface area (Å²) in [6.45, 7) is 3.23. The maximum Gasteiger partial charge on any atom is 0.418 e. The fourth-order valence-corrected chi connectivity index (χ4v) is 4.64. The van der Waals surface area contributed by atoms with Crippen LogP contribution in [-0.2, 0) is 6.18 Å². The monoisotopic (exact) mass is 431 g/mol. The maximum absolute atomic E-state index is 13.8. The number of piperidine rings is 1. The van der Waals surface area contributed by atoms with Crippen LogP contribution in [0.2, 0.25) is 0 Å². The van der Waals surface area contributed by atoms with Gasteiger partial charge in [-0.15, -0.1) is 11.3 Å². The highest BCUT2D eigenvalue weighted by Crippen LogP contribution is 2.43. The van der Waals surface area contributed by atoms with Gasteiger partial charge in [0.1, 0.15) is 6.10 Å². The van der Waals surface area contributed by atoms with Crippen molar-refractivity contribution in [3.8, 4) is 5.88 Å². The minimum atomic E-state index is -4.64. The number of carbonyl (C=O) groups excluding carboxylic acids is 1. The average Bonchev–Trinajstić information content (AvgIpc) is 3.03. The average molecular weight is 431 g/mol. The van der Waals surface area contributed by atoms with Gasteiger partial charge >= 0.3 is 12.3 Å². The van der Waals surface area contributed by atoms with Gasteiger partial charge in [-0.05, 0) is 13.8 Å². The Morgan fingerprint density at radius 2 is 2.10 bits per heavy atom. The Morgan fingerprint density at radius 1 is 1.41 bits per heavy atom. The molecular formula is C18H20F3N3O4S. The Bertz CT molecular complexity index is 960. The van der Waals surface area contributed by atoms with Gasteiger partial charge in [0, 0.05) is 43.4 Å². The highest BCUT2D eigenvalue weighted by atomic mass is 32.1. The lowest BCUT2D eigenvalue weighted by Gasteiger charge is -2.35. The lowest BCUT2D eigenvalue weighted by Crippen LogP contribution is -2.46. The number of carbonyl (C=O) groups is 2. The first-order chi connectivity index (χ1) is 13.5. The zero-order valence-corrected chi connectivity index (χ0v) is 16.8. The molecule has 2 amide bonds. The summed E-state index contributed by atoms with van der Waals surface area (Å²) in [6, 6.07) is -0.333. The number of likely N-dealkylation sites (tertiary alicyclic amines) is 1. The number of amides is 2. The van der Waals surface area contributed by atoms with Crippen LogP contribution in [0.4, 0.5) is 18.0 Å². The minimum Gasteiger partial charge on any atom is -0.474 e. The first-order valence-electron chi connectivity index (χ1n) is 8.91. The van der Waals surface area contributed by atoms with Gasteiger partial charge < -0.3 is 20.1 Å². The number of carboxylic acid groups (broad SMARTS) is 1. The van der Waals surface area contributed by atoms with E-state index in [1.165, 1.54) is 24.3 Å². The second-order valence-corrected chi connectivity index (χ2v) is 7.79. The van der Waals surface area contributed by atoms with E-state index in [4.69, 9.17) is 9.84 Å². The summed E-state index contributed by atoms with van der Waals surface area (Å²) in [7, 11) is 1.39. The Kier molecular flexibility index (Phi) is 5.61. The van der Waals surface area contributed by atoms with Gasteiger partial charge in [0.05, 0.1) is 21.3 Å². The zero-order chi connectivity index (χ0) is 21.5. The molecule has 0 aliphatic carbocycles. The van der Waals surface area contributed by atoms with Crippen molar-refractivity contribution in [2.75, 3.05) is 13.6 Å². The number of hydrogen-bond donors (Lipinski definition) is 2. The smallest absolute Gasteiger partial charge is 0.418 e. The fraction of sp³-hybridized carbons (Fsp3) is 0.500. The number of hydrogen-bond acceptors (Lipinski definition) is 5. The highest BCUT2D eigenvalue weighted by Gasteiger charge is 2.39. The van der Waals surface area contributed by atoms with Crippen LogP contribution in [0.3, 0.4) is 0 Å². The van der Waals surface area contributed by atoms with Crippen molar-refractivity contribution in [2.24, 2.45) is 0 Å². The normalized spacial score (nSPS) is 20.0. The Labute approximate surface area is 168 Å². The lowest BCUT2D eigenvalue weighted by atomic mass is 10.0. The summed E-state index contributed by atoms with van der Waals surface area (Å²) in [6.07, 6.45) is -5.50. The maximum atomic E-state index is 13.8. The molecule has 0 saturated carbocycles. The van der Waals surface area contributed by atoms with Crippen molar-refractivity contribution in [1.82, 2.24) is 15.2 Å². The van der Waals surface area contributed by atoms with E-state index in [0.29, 0.717) is 12.8 Å². The predicted octanol–water partition coefficient (Wildman–Crippen LogP) is 3.89. The molecule has 1 aliphatic heterocycles. The molecule has 11 heteroatoms. The SMILES string of the molecule is CNC(=O)c1csc2c(C(F)(F)F)c(C)c(O[C@H]3CCN(C(=O)O)[C@H](C)C3)nc12. The molecule has 1 fully saturated rings. The van der Waals surface area contributed by atoms with E-state index in [1.54, 1.807) is 6.92 Å². The summed E-state index contributed by atoms with van der Waals surface area (Å²) in [5, 5.41) is 12.9. The number of pyridine rings is 1. The molecule has 0 aromatic carbocycles.